The van der Waals surface area contributed by atoms with Gasteiger partial charge in [0.1, 0.15) is 0 Å². The Kier molecular flexibility index (Phi) is 3.40. The summed E-state index contributed by atoms with van der Waals surface area (Å²) in [6, 6.07) is 13.9. The molecule has 0 aliphatic rings. The predicted octanol–water partition coefficient (Wildman–Crippen LogP) is 2.90. The van der Waals surface area contributed by atoms with Crippen LogP contribution >= 0.6 is 0 Å². The summed E-state index contributed by atoms with van der Waals surface area (Å²) >= 11 is 0. The van der Waals surface area contributed by atoms with Gasteiger partial charge in [0.15, 0.2) is 0 Å². The summed E-state index contributed by atoms with van der Waals surface area (Å²) < 4.78 is 0. The van der Waals surface area contributed by atoms with E-state index >= 15 is 0 Å². The minimum atomic E-state index is -0.522. The van der Waals surface area contributed by atoms with Crippen molar-refractivity contribution in [1.82, 2.24) is 4.98 Å². The number of para-hydroxylation sites is 1. The Bertz CT molecular complexity index is 465. The Morgan fingerprint density at radius 1 is 1.06 bits per heavy atom. The molecule has 0 fully saturated rings. The zero-order valence-electron chi connectivity index (χ0n) is 10.0. The highest BCUT2D eigenvalue weighted by Gasteiger charge is 2.06. The van der Waals surface area contributed by atoms with E-state index in [-0.39, 0.29) is 0 Å². The molecular formula is C14H16N2O. The highest BCUT2D eigenvalue weighted by molar-refractivity contribution is 5.61. The van der Waals surface area contributed by atoms with Crippen LogP contribution in [0.25, 0.3) is 0 Å². The van der Waals surface area contributed by atoms with E-state index in [0.717, 1.165) is 11.4 Å². The maximum atomic E-state index is 9.39. The molecule has 0 aliphatic heterocycles. The molecule has 1 unspecified atom stereocenters. The summed E-state index contributed by atoms with van der Waals surface area (Å²) in [5, 5.41) is 9.39. The van der Waals surface area contributed by atoms with Crippen molar-refractivity contribution in [2.45, 2.75) is 13.0 Å². The van der Waals surface area contributed by atoms with Crippen LogP contribution in [0.15, 0.2) is 48.7 Å². The molecule has 3 nitrogen and oxygen atoms in total. The van der Waals surface area contributed by atoms with E-state index < -0.39 is 6.10 Å². The van der Waals surface area contributed by atoms with Gasteiger partial charge < -0.3 is 10.0 Å². The Balaban J connectivity index is 2.23. The summed E-state index contributed by atoms with van der Waals surface area (Å²) in [4.78, 5) is 6.29. The molecule has 1 atom stereocenters. The number of aromatic nitrogens is 1. The fourth-order valence-electron chi connectivity index (χ4n) is 1.64. The molecule has 2 aromatic rings. The lowest BCUT2D eigenvalue weighted by Crippen LogP contribution is -2.10. The van der Waals surface area contributed by atoms with Crippen molar-refractivity contribution in [3.05, 3.63) is 54.4 Å². The molecule has 1 aromatic carbocycles. The first-order valence-electron chi connectivity index (χ1n) is 5.61. The predicted molar refractivity (Wildman–Crippen MR) is 69.4 cm³/mol. The molecule has 0 bridgehead atoms. The summed E-state index contributed by atoms with van der Waals surface area (Å²) in [7, 11) is 1.99. The first-order chi connectivity index (χ1) is 8.18. The largest absolute Gasteiger partial charge is 0.387 e. The number of aliphatic hydroxyl groups is 1. The van der Waals surface area contributed by atoms with E-state index in [1.807, 2.05) is 49.5 Å². The van der Waals surface area contributed by atoms with Gasteiger partial charge in [0.25, 0.3) is 0 Å². The fraction of sp³-hybridized carbons (Fsp3) is 0.214. The van der Waals surface area contributed by atoms with Gasteiger partial charge in [-0.05, 0) is 31.2 Å². The molecule has 0 spiro atoms. The molecular weight excluding hydrogens is 212 g/mol. The Hall–Kier alpha value is -1.87. The van der Waals surface area contributed by atoms with Crippen LogP contribution in [0.4, 0.5) is 11.4 Å². The van der Waals surface area contributed by atoms with Crippen molar-refractivity contribution in [3.8, 4) is 0 Å². The first-order valence-corrected chi connectivity index (χ1v) is 5.61. The normalized spacial score (nSPS) is 12.2. The number of aliphatic hydroxyl groups excluding tert-OH is 1. The smallest absolute Gasteiger partial charge is 0.0931 e. The lowest BCUT2D eigenvalue weighted by molar-refractivity contribution is 0.194. The third kappa shape index (κ3) is 2.63. The molecule has 3 heteroatoms. The molecule has 0 saturated carbocycles. The molecule has 1 N–H and O–H groups in total. The maximum Gasteiger partial charge on any atom is 0.0931 e. The lowest BCUT2D eigenvalue weighted by atomic mass is 10.2. The number of benzene rings is 1. The molecule has 0 amide bonds. The standard InChI is InChI=1S/C14H16N2O/c1-11(17)14-9-8-13(10-15-14)16(2)12-6-4-3-5-7-12/h3-11,17H,1-2H3. The second-order valence-electron chi connectivity index (χ2n) is 4.01. The highest BCUT2D eigenvalue weighted by atomic mass is 16.3. The van der Waals surface area contributed by atoms with Crippen LogP contribution in [0.1, 0.15) is 18.7 Å². The summed E-state index contributed by atoms with van der Waals surface area (Å²) in [6.07, 6.45) is 1.25. The average Bonchev–Trinajstić information content (AvgIpc) is 2.39. The van der Waals surface area contributed by atoms with Gasteiger partial charge in [-0.2, -0.15) is 0 Å². The number of hydrogen-bond acceptors (Lipinski definition) is 3. The highest BCUT2D eigenvalue weighted by Crippen LogP contribution is 2.23. The van der Waals surface area contributed by atoms with E-state index in [1.54, 1.807) is 13.1 Å². The fourth-order valence-corrected chi connectivity index (χ4v) is 1.64. The van der Waals surface area contributed by atoms with Crippen molar-refractivity contribution < 1.29 is 5.11 Å². The molecule has 1 aromatic heterocycles. The second kappa shape index (κ2) is 4.97. The first kappa shape index (κ1) is 11.6. The molecule has 0 aliphatic carbocycles. The van der Waals surface area contributed by atoms with Crippen LogP contribution in [-0.2, 0) is 0 Å². The van der Waals surface area contributed by atoms with Crippen LogP contribution in [-0.4, -0.2) is 17.1 Å². The zero-order valence-corrected chi connectivity index (χ0v) is 10.0. The quantitative estimate of drug-likeness (QED) is 0.877. The second-order valence-corrected chi connectivity index (χ2v) is 4.01. The third-order valence-corrected chi connectivity index (χ3v) is 2.73. The van der Waals surface area contributed by atoms with Crippen molar-refractivity contribution >= 4 is 11.4 Å². The molecule has 2 rings (SSSR count). The molecule has 17 heavy (non-hydrogen) atoms. The number of anilines is 2. The van der Waals surface area contributed by atoms with Crippen molar-refractivity contribution in [2.24, 2.45) is 0 Å². The number of pyridine rings is 1. The van der Waals surface area contributed by atoms with Crippen molar-refractivity contribution in [3.63, 3.8) is 0 Å². The Labute approximate surface area is 101 Å². The van der Waals surface area contributed by atoms with Crippen LogP contribution in [0.3, 0.4) is 0 Å². The van der Waals surface area contributed by atoms with Crippen LogP contribution in [0.2, 0.25) is 0 Å². The third-order valence-electron chi connectivity index (χ3n) is 2.73. The molecule has 1 heterocycles. The van der Waals surface area contributed by atoms with Gasteiger partial charge in [-0.1, -0.05) is 18.2 Å². The SMILES string of the molecule is CC(O)c1ccc(N(C)c2ccccc2)cn1. The molecule has 88 valence electrons. The number of nitrogens with zero attached hydrogens (tertiary/aromatic N) is 2. The van der Waals surface area contributed by atoms with E-state index in [0.29, 0.717) is 5.69 Å². The van der Waals surface area contributed by atoms with Crippen molar-refractivity contribution in [2.75, 3.05) is 11.9 Å². The average molecular weight is 228 g/mol. The molecule has 0 saturated heterocycles. The number of hydrogen-bond donors (Lipinski definition) is 1. The van der Waals surface area contributed by atoms with Crippen LogP contribution in [0.5, 0.6) is 0 Å². The van der Waals surface area contributed by atoms with Gasteiger partial charge in [-0.15, -0.1) is 0 Å². The summed E-state index contributed by atoms with van der Waals surface area (Å²) in [6.45, 7) is 1.71. The summed E-state index contributed by atoms with van der Waals surface area (Å²) in [5.41, 5.74) is 2.80. The van der Waals surface area contributed by atoms with Gasteiger partial charge in [0.05, 0.1) is 23.7 Å². The van der Waals surface area contributed by atoms with Gasteiger partial charge in [0, 0.05) is 12.7 Å². The Morgan fingerprint density at radius 2 is 1.76 bits per heavy atom. The maximum absolute atomic E-state index is 9.39. The van der Waals surface area contributed by atoms with Gasteiger partial charge >= 0.3 is 0 Å². The minimum absolute atomic E-state index is 0.522. The van der Waals surface area contributed by atoms with Gasteiger partial charge in [-0.3, -0.25) is 4.98 Å². The van der Waals surface area contributed by atoms with Gasteiger partial charge in [0.2, 0.25) is 0 Å². The van der Waals surface area contributed by atoms with E-state index in [9.17, 15) is 5.11 Å². The van der Waals surface area contributed by atoms with Crippen molar-refractivity contribution in [1.29, 1.82) is 0 Å². The van der Waals surface area contributed by atoms with Gasteiger partial charge in [-0.25, -0.2) is 0 Å². The van der Waals surface area contributed by atoms with E-state index in [4.69, 9.17) is 0 Å². The van der Waals surface area contributed by atoms with Crippen LogP contribution < -0.4 is 4.90 Å². The zero-order chi connectivity index (χ0) is 12.3. The summed E-state index contributed by atoms with van der Waals surface area (Å²) in [5.74, 6) is 0. The van der Waals surface area contributed by atoms with E-state index in [1.165, 1.54) is 0 Å². The minimum Gasteiger partial charge on any atom is -0.387 e. The lowest BCUT2D eigenvalue weighted by Gasteiger charge is -2.19. The number of rotatable bonds is 3. The molecule has 0 radical (unpaired) electrons. The topological polar surface area (TPSA) is 36.4 Å². The van der Waals surface area contributed by atoms with Crippen LogP contribution in [0, 0.1) is 0 Å². The van der Waals surface area contributed by atoms with E-state index in [2.05, 4.69) is 9.88 Å². The Morgan fingerprint density at radius 3 is 2.29 bits per heavy atom. The monoisotopic (exact) mass is 228 g/mol.